The van der Waals surface area contributed by atoms with E-state index in [1.807, 2.05) is 0 Å². The summed E-state index contributed by atoms with van der Waals surface area (Å²) >= 11 is 0. The summed E-state index contributed by atoms with van der Waals surface area (Å²) in [5.74, 6) is -0.329. The molecule has 0 spiro atoms. The number of hydrogen-bond acceptors (Lipinski definition) is 6. The summed E-state index contributed by atoms with van der Waals surface area (Å²) in [6.45, 7) is -0.480. The molecule has 0 atom stereocenters. The van der Waals surface area contributed by atoms with Gasteiger partial charge in [-0.1, -0.05) is 0 Å². The second kappa shape index (κ2) is 8.33. The van der Waals surface area contributed by atoms with Crippen molar-refractivity contribution in [1.82, 2.24) is 4.98 Å². The number of ether oxygens (including phenoxy) is 3. The summed E-state index contributed by atoms with van der Waals surface area (Å²) in [5.41, 5.74) is 0.547. The monoisotopic (exact) mass is 308 g/mol. The third kappa shape index (κ3) is 5.33. The van der Waals surface area contributed by atoms with Crippen LogP contribution in [0.4, 0.5) is 5.69 Å². The van der Waals surface area contributed by atoms with E-state index in [2.05, 4.69) is 15.0 Å². The Balaban J connectivity index is 1.73. The van der Waals surface area contributed by atoms with Crippen molar-refractivity contribution < 1.29 is 23.8 Å². The van der Waals surface area contributed by atoms with E-state index in [0.717, 1.165) is 12.8 Å². The van der Waals surface area contributed by atoms with Crippen LogP contribution in [0, 0.1) is 0 Å². The highest BCUT2D eigenvalue weighted by atomic mass is 16.6. The van der Waals surface area contributed by atoms with Gasteiger partial charge in [-0.2, -0.15) is 0 Å². The van der Waals surface area contributed by atoms with Gasteiger partial charge in [0.2, 0.25) is 11.8 Å². The Hall–Kier alpha value is -2.15. The molecule has 0 aliphatic heterocycles. The number of anilines is 1. The maximum absolute atomic E-state index is 11.6. The molecule has 0 radical (unpaired) electrons. The molecule has 120 valence electrons. The quantitative estimate of drug-likeness (QED) is 0.769. The number of hydrogen-bond donors (Lipinski definition) is 1. The Labute approximate surface area is 129 Å². The standard InChI is InChI=1S/C15H20N2O5/c1-20-15(19)10-21-9-13(18)17-11-6-7-14(16-8-11)22-12-4-2-3-5-12/h6-8,12H,2-5,9-10H2,1H3,(H,17,18). The number of pyridine rings is 1. The van der Waals surface area contributed by atoms with Crippen molar-refractivity contribution in [2.24, 2.45) is 0 Å². The highest BCUT2D eigenvalue weighted by molar-refractivity contribution is 5.91. The van der Waals surface area contributed by atoms with Crippen molar-refractivity contribution in [3.8, 4) is 5.88 Å². The van der Waals surface area contributed by atoms with Crippen LogP contribution in [0.1, 0.15) is 25.7 Å². The molecule has 0 unspecified atom stereocenters. The van der Waals surface area contributed by atoms with Crippen molar-refractivity contribution in [2.75, 3.05) is 25.6 Å². The van der Waals surface area contributed by atoms with Gasteiger partial charge in [-0.15, -0.1) is 0 Å². The first kappa shape index (κ1) is 16.2. The molecule has 1 aliphatic rings. The van der Waals surface area contributed by atoms with Crippen molar-refractivity contribution in [1.29, 1.82) is 0 Å². The van der Waals surface area contributed by atoms with Crippen LogP contribution in [0.2, 0.25) is 0 Å². The van der Waals surface area contributed by atoms with Crippen molar-refractivity contribution in [2.45, 2.75) is 31.8 Å². The first-order valence-electron chi connectivity index (χ1n) is 7.24. The SMILES string of the molecule is COC(=O)COCC(=O)Nc1ccc(OC2CCCC2)nc1. The van der Waals surface area contributed by atoms with E-state index < -0.39 is 5.97 Å². The van der Waals surface area contributed by atoms with Crippen LogP contribution in [-0.4, -0.2) is 43.3 Å². The topological polar surface area (TPSA) is 86.8 Å². The zero-order chi connectivity index (χ0) is 15.8. The van der Waals surface area contributed by atoms with Gasteiger partial charge in [-0.25, -0.2) is 9.78 Å². The van der Waals surface area contributed by atoms with Crippen LogP contribution >= 0.6 is 0 Å². The lowest BCUT2D eigenvalue weighted by Gasteiger charge is -2.12. The number of nitrogens with zero attached hydrogens (tertiary/aromatic N) is 1. The van der Waals surface area contributed by atoms with E-state index in [1.165, 1.54) is 26.1 Å². The molecular formula is C15H20N2O5. The number of amides is 1. The highest BCUT2D eigenvalue weighted by Gasteiger charge is 2.16. The third-order valence-electron chi connectivity index (χ3n) is 3.29. The van der Waals surface area contributed by atoms with Gasteiger partial charge in [0.25, 0.3) is 0 Å². The third-order valence-corrected chi connectivity index (χ3v) is 3.29. The van der Waals surface area contributed by atoms with Gasteiger partial charge in [-0.3, -0.25) is 4.79 Å². The highest BCUT2D eigenvalue weighted by Crippen LogP contribution is 2.23. The zero-order valence-corrected chi connectivity index (χ0v) is 12.5. The number of rotatable bonds is 7. The van der Waals surface area contributed by atoms with Gasteiger partial charge in [-0.05, 0) is 31.7 Å². The summed E-state index contributed by atoms with van der Waals surface area (Å²) in [4.78, 5) is 26.6. The minimum Gasteiger partial charge on any atom is -0.474 e. The summed E-state index contributed by atoms with van der Waals surface area (Å²) in [5, 5.41) is 2.62. The second-order valence-corrected chi connectivity index (χ2v) is 5.03. The molecular weight excluding hydrogens is 288 g/mol. The molecule has 7 nitrogen and oxygen atoms in total. The van der Waals surface area contributed by atoms with Gasteiger partial charge >= 0.3 is 5.97 Å². The summed E-state index contributed by atoms with van der Waals surface area (Å²) in [6.07, 6.45) is 6.31. The van der Waals surface area contributed by atoms with Crippen LogP contribution in [0.3, 0.4) is 0 Å². The van der Waals surface area contributed by atoms with Crippen LogP contribution < -0.4 is 10.1 Å². The van der Waals surface area contributed by atoms with E-state index in [4.69, 9.17) is 9.47 Å². The lowest BCUT2D eigenvalue weighted by atomic mass is 10.3. The Morgan fingerprint density at radius 1 is 1.27 bits per heavy atom. The van der Waals surface area contributed by atoms with Crippen LogP contribution in [-0.2, 0) is 19.1 Å². The number of nitrogens with one attached hydrogen (secondary N) is 1. The maximum Gasteiger partial charge on any atom is 0.331 e. The molecule has 0 aromatic carbocycles. The number of methoxy groups -OCH3 is 1. The number of carbonyl (C=O) groups is 2. The zero-order valence-electron chi connectivity index (χ0n) is 12.5. The summed E-state index contributed by atoms with van der Waals surface area (Å²) < 4.78 is 15.0. The number of esters is 1. The van der Waals surface area contributed by atoms with E-state index in [-0.39, 0.29) is 25.2 Å². The van der Waals surface area contributed by atoms with E-state index >= 15 is 0 Å². The van der Waals surface area contributed by atoms with Gasteiger partial charge in [0, 0.05) is 6.07 Å². The van der Waals surface area contributed by atoms with Crippen LogP contribution in [0.15, 0.2) is 18.3 Å². The minimum atomic E-state index is -0.525. The molecule has 0 bridgehead atoms. The second-order valence-electron chi connectivity index (χ2n) is 5.03. The number of aromatic nitrogens is 1. The maximum atomic E-state index is 11.6. The molecule has 1 saturated carbocycles. The average molecular weight is 308 g/mol. The Bertz CT molecular complexity index is 497. The fourth-order valence-corrected chi connectivity index (χ4v) is 2.18. The number of carbonyl (C=O) groups excluding carboxylic acids is 2. The smallest absolute Gasteiger partial charge is 0.331 e. The fourth-order valence-electron chi connectivity index (χ4n) is 2.18. The molecule has 1 heterocycles. The molecule has 1 aromatic heterocycles. The molecule has 1 amide bonds. The summed E-state index contributed by atoms with van der Waals surface area (Å²) in [7, 11) is 1.26. The predicted molar refractivity (Wildman–Crippen MR) is 78.6 cm³/mol. The molecule has 2 rings (SSSR count). The lowest BCUT2D eigenvalue weighted by Crippen LogP contribution is -2.21. The Morgan fingerprint density at radius 2 is 2.05 bits per heavy atom. The molecule has 1 aromatic rings. The molecule has 1 N–H and O–H groups in total. The lowest BCUT2D eigenvalue weighted by molar-refractivity contribution is -0.146. The van der Waals surface area contributed by atoms with Gasteiger partial charge < -0.3 is 19.5 Å². The van der Waals surface area contributed by atoms with Crippen molar-refractivity contribution in [3.63, 3.8) is 0 Å². The van der Waals surface area contributed by atoms with Gasteiger partial charge in [0.1, 0.15) is 19.3 Å². The Kier molecular flexibility index (Phi) is 6.14. The first-order valence-corrected chi connectivity index (χ1v) is 7.24. The normalized spacial score (nSPS) is 14.6. The summed E-state index contributed by atoms with van der Waals surface area (Å²) in [6, 6.07) is 3.44. The minimum absolute atomic E-state index is 0.227. The first-order chi connectivity index (χ1) is 10.7. The Morgan fingerprint density at radius 3 is 2.68 bits per heavy atom. The molecule has 7 heteroatoms. The van der Waals surface area contributed by atoms with E-state index in [9.17, 15) is 9.59 Å². The van der Waals surface area contributed by atoms with Crippen molar-refractivity contribution in [3.05, 3.63) is 18.3 Å². The molecule has 22 heavy (non-hydrogen) atoms. The van der Waals surface area contributed by atoms with Gasteiger partial charge in [0.15, 0.2) is 0 Å². The van der Waals surface area contributed by atoms with Crippen molar-refractivity contribution >= 4 is 17.6 Å². The molecule has 1 aliphatic carbocycles. The molecule has 0 saturated heterocycles. The van der Waals surface area contributed by atoms with E-state index in [0.29, 0.717) is 11.6 Å². The largest absolute Gasteiger partial charge is 0.474 e. The van der Waals surface area contributed by atoms with Crippen LogP contribution in [0.25, 0.3) is 0 Å². The average Bonchev–Trinajstić information content (AvgIpc) is 3.02. The van der Waals surface area contributed by atoms with E-state index in [1.54, 1.807) is 12.1 Å². The predicted octanol–water partition coefficient (Wildman–Crippen LogP) is 1.53. The molecule has 1 fully saturated rings. The fraction of sp³-hybridized carbons (Fsp3) is 0.533. The van der Waals surface area contributed by atoms with Gasteiger partial charge in [0.05, 0.1) is 19.0 Å². The van der Waals surface area contributed by atoms with Crippen LogP contribution in [0.5, 0.6) is 5.88 Å².